The first-order chi connectivity index (χ1) is 16.1. The van der Waals surface area contributed by atoms with Gasteiger partial charge in [-0.2, -0.15) is 13.2 Å². The molecule has 176 valence electrons. The smallest absolute Gasteiger partial charge is 0.416 e. The van der Waals surface area contributed by atoms with Crippen molar-refractivity contribution in [1.29, 1.82) is 0 Å². The normalized spacial score (nSPS) is 11.6. The van der Waals surface area contributed by atoms with Crippen molar-refractivity contribution in [2.24, 2.45) is 0 Å². The van der Waals surface area contributed by atoms with Crippen LogP contribution >= 0.6 is 0 Å². The van der Waals surface area contributed by atoms with E-state index in [1.54, 1.807) is 11.6 Å². The summed E-state index contributed by atoms with van der Waals surface area (Å²) < 4.78 is 45.4. The molecule has 0 atom stereocenters. The number of amides is 1. The third kappa shape index (κ3) is 5.00. The van der Waals surface area contributed by atoms with Crippen molar-refractivity contribution in [1.82, 2.24) is 25.3 Å². The SMILES string of the molecule is Cc1cccc(-c2nc(Cn3nnc(C(=O)NCc4ccc(C(F)(F)F)cc4)c3C)c(C)o2)c1. The summed E-state index contributed by atoms with van der Waals surface area (Å²) >= 11 is 0. The van der Waals surface area contributed by atoms with E-state index in [0.29, 0.717) is 28.6 Å². The van der Waals surface area contributed by atoms with Crippen LogP contribution in [0.25, 0.3) is 11.5 Å². The number of hydrogen-bond donors (Lipinski definition) is 1. The van der Waals surface area contributed by atoms with Crippen LogP contribution in [0.1, 0.15) is 44.3 Å². The Balaban J connectivity index is 1.43. The molecule has 7 nitrogen and oxygen atoms in total. The molecule has 2 aromatic carbocycles. The molecule has 0 aliphatic carbocycles. The number of nitrogens with one attached hydrogen (secondary N) is 1. The van der Waals surface area contributed by atoms with Gasteiger partial charge in [0.15, 0.2) is 5.69 Å². The van der Waals surface area contributed by atoms with Gasteiger partial charge >= 0.3 is 6.18 Å². The number of hydrogen-bond acceptors (Lipinski definition) is 5. The van der Waals surface area contributed by atoms with E-state index in [-0.39, 0.29) is 18.8 Å². The van der Waals surface area contributed by atoms with Gasteiger partial charge in [0.05, 0.1) is 17.8 Å². The van der Waals surface area contributed by atoms with Gasteiger partial charge in [-0.1, -0.05) is 35.0 Å². The Morgan fingerprint density at radius 2 is 1.82 bits per heavy atom. The topological polar surface area (TPSA) is 85.8 Å². The lowest BCUT2D eigenvalue weighted by atomic mass is 10.1. The molecule has 0 unspecified atom stereocenters. The molecule has 0 spiro atoms. The van der Waals surface area contributed by atoms with Gasteiger partial charge in [-0.15, -0.1) is 5.10 Å². The molecule has 34 heavy (non-hydrogen) atoms. The van der Waals surface area contributed by atoms with Gasteiger partial charge < -0.3 is 9.73 Å². The Hall–Kier alpha value is -3.95. The summed E-state index contributed by atoms with van der Waals surface area (Å²) in [5, 5.41) is 10.7. The monoisotopic (exact) mass is 469 g/mol. The summed E-state index contributed by atoms with van der Waals surface area (Å²) in [5.74, 6) is 0.671. The van der Waals surface area contributed by atoms with Gasteiger partial charge in [0.2, 0.25) is 5.89 Å². The second-order valence-corrected chi connectivity index (χ2v) is 7.95. The van der Waals surface area contributed by atoms with Crippen LogP contribution in [0.15, 0.2) is 52.9 Å². The third-order valence-electron chi connectivity index (χ3n) is 5.39. The lowest BCUT2D eigenvalue weighted by Gasteiger charge is -2.08. The van der Waals surface area contributed by atoms with Crippen LogP contribution in [0.5, 0.6) is 0 Å². The van der Waals surface area contributed by atoms with Gasteiger partial charge in [-0.05, 0) is 50.6 Å². The molecular weight excluding hydrogens is 447 g/mol. The van der Waals surface area contributed by atoms with E-state index in [4.69, 9.17) is 4.42 Å². The minimum absolute atomic E-state index is 0.0610. The number of halogens is 3. The predicted octanol–water partition coefficient (Wildman–Crippen LogP) is 4.86. The van der Waals surface area contributed by atoms with Crippen LogP contribution in [-0.4, -0.2) is 25.9 Å². The molecule has 1 amide bonds. The van der Waals surface area contributed by atoms with Gasteiger partial charge in [0.1, 0.15) is 11.5 Å². The second-order valence-electron chi connectivity index (χ2n) is 7.95. The minimum Gasteiger partial charge on any atom is -0.441 e. The molecule has 4 rings (SSSR count). The molecule has 0 radical (unpaired) electrons. The Morgan fingerprint density at radius 1 is 1.09 bits per heavy atom. The molecule has 0 bridgehead atoms. The molecular formula is C24H22F3N5O2. The molecule has 4 aromatic rings. The Bertz CT molecular complexity index is 1320. The van der Waals surface area contributed by atoms with Crippen LogP contribution < -0.4 is 5.32 Å². The van der Waals surface area contributed by atoms with Gasteiger partial charge in [-0.25, -0.2) is 9.67 Å². The minimum atomic E-state index is -4.40. The maximum atomic E-state index is 12.7. The number of aromatic nitrogens is 4. The van der Waals surface area contributed by atoms with E-state index in [9.17, 15) is 18.0 Å². The first-order valence-corrected chi connectivity index (χ1v) is 10.5. The van der Waals surface area contributed by atoms with Crippen molar-refractivity contribution in [2.45, 2.75) is 40.0 Å². The van der Waals surface area contributed by atoms with Crippen molar-refractivity contribution >= 4 is 5.91 Å². The standard InChI is InChI=1S/C24H22F3N5O2/c1-14-5-4-6-18(11-14)23-29-20(16(3)34-23)13-32-15(2)21(30-31-32)22(33)28-12-17-7-9-19(10-8-17)24(25,26)27/h4-11H,12-13H2,1-3H3,(H,28,33). The predicted molar refractivity (Wildman–Crippen MR) is 118 cm³/mol. The summed E-state index contributed by atoms with van der Waals surface area (Å²) in [6.07, 6.45) is -4.40. The second kappa shape index (κ2) is 9.12. The van der Waals surface area contributed by atoms with E-state index < -0.39 is 17.6 Å². The molecule has 0 saturated heterocycles. The van der Waals surface area contributed by atoms with Gasteiger partial charge in [0, 0.05) is 12.1 Å². The van der Waals surface area contributed by atoms with Crippen LogP contribution in [0.4, 0.5) is 13.2 Å². The Labute approximate surface area is 193 Å². The van der Waals surface area contributed by atoms with Crippen LogP contribution in [0.3, 0.4) is 0 Å². The number of benzene rings is 2. The Morgan fingerprint density at radius 3 is 2.50 bits per heavy atom. The number of alkyl halides is 3. The molecule has 1 N–H and O–H groups in total. The molecule has 10 heteroatoms. The highest BCUT2D eigenvalue weighted by Gasteiger charge is 2.30. The quantitative estimate of drug-likeness (QED) is 0.436. The molecule has 2 aromatic heterocycles. The van der Waals surface area contributed by atoms with Crippen molar-refractivity contribution < 1.29 is 22.4 Å². The van der Waals surface area contributed by atoms with E-state index >= 15 is 0 Å². The van der Waals surface area contributed by atoms with E-state index in [2.05, 4.69) is 20.6 Å². The highest BCUT2D eigenvalue weighted by molar-refractivity contribution is 5.93. The average Bonchev–Trinajstić information content (AvgIpc) is 3.34. The largest absolute Gasteiger partial charge is 0.441 e. The summed E-state index contributed by atoms with van der Waals surface area (Å²) in [6.45, 7) is 5.84. The average molecular weight is 469 g/mol. The molecule has 0 saturated carbocycles. The fraction of sp³-hybridized carbons (Fsp3) is 0.250. The van der Waals surface area contributed by atoms with E-state index in [0.717, 1.165) is 23.3 Å². The van der Waals surface area contributed by atoms with Crippen molar-refractivity contribution in [3.05, 3.63) is 88.1 Å². The molecule has 0 fully saturated rings. The van der Waals surface area contributed by atoms with Crippen LogP contribution in [0.2, 0.25) is 0 Å². The number of aryl methyl sites for hydroxylation is 2. The fourth-order valence-corrected chi connectivity index (χ4v) is 3.42. The molecule has 0 aliphatic heterocycles. The maximum absolute atomic E-state index is 12.7. The summed E-state index contributed by atoms with van der Waals surface area (Å²) in [4.78, 5) is 17.2. The highest BCUT2D eigenvalue weighted by atomic mass is 19.4. The zero-order valence-electron chi connectivity index (χ0n) is 18.8. The van der Waals surface area contributed by atoms with Crippen LogP contribution in [-0.2, 0) is 19.3 Å². The number of nitrogens with zero attached hydrogens (tertiary/aromatic N) is 4. The summed E-state index contributed by atoms with van der Waals surface area (Å²) in [6, 6.07) is 12.4. The van der Waals surface area contributed by atoms with Crippen molar-refractivity contribution in [3.8, 4) is 11.5 Å². The van der Waals surface area contributed by atoms with E-state index in [1.807, 2.05) is 38.1 Å². The lowest BCUT2D eigenvalue weighted by Crippen LogP contribution is -2.24. The zero-order chi connectivity index (χ0) is 24.5. The zero-order valence-corrected chi connectivity index (χ0v) is 18.8. The van der Waals surface area contributed by atoms with Gasteiger partial charge in [-0.3, -0.25) is 4.79 Å². The Kier molecular flexibility index (Phi) is 6.23. The molecule has 0 aliphatic rings. The first kappa shape index (κ1) is 23.2. The van der Waals surface area contributed by atoms with E-state index in [1.165, 1.54) is 12.1 Å². The summed E-state index contributed by atoms with van der Waals surface area (Å²) in [7, 11) is 0. The number of oxazole rings is 1. The van der Waals surface area contributed by atoms with Gasteiger partial charge in [0.25, 0.3) is 5.91 Å². The first-order valence-electron chi connectivity index (χ1n) is 10.5. The highest BCUT2D eigenvalue weighted by Crippen LogP contribution is 2.29. The lowest BCUT2D eigenvalue weighted by molar-refractivity contribution is -0.137. The maximum Gasteiger partial charge on any atom is 0.416 e. The number of rotatable bonds is 6. The number of carbonyl (C=O) groups excluding carboxylic acids is 1. The summed E-state index contributed by atoms with van der Waals surface area (Å²) in [5.41, 5.74) is 3.09. The van der Waals surface area contributed by atoms with Crippen molar-refractivity contribution in [3.63, 3.8) is 0 Å². The molecule has 2 heterocycles. The number of carbonyl (C=O) groups is 1. The van der Waals surface area contributed by atoms with Crippen molar-refractivity contribution in [2.75, 3.05) is 0 Å². The third-order valence-corrected chi connectivity index (χ3v) is 5.39. The fourth-order valence-electron chi connectivity index (χ4n) is 3.42. The van der Waals surface area contributed by atoms with Crippen LogP contribution in [0, 0.1) is 20.8 Å².